The summed E-state index contributed by atoms with van der Waals surface area (Å²) < 4.78 is 28.2. The molecule has 3 rings (SSSR count). The highest BCUT2D eigenvalue weighted by Crippen LogP contribution is 2.26. The van der Waals surface area contributed by atoms with Crippen molar-refractivity contribution in [2.24, 2.45) is 0 Å². The van der Waals surface area contributed by atoms with Crippen LogP contribution in [-0.4, -0.2) is 31.7 Å². The topological polar surface area (TPSA) is 66.5 Å². The van der Waals surface area contributed by atoms with Crippen LogP contribution in [0.15, 0.2) is 53.4 Å². The Bertz CT molecular complexity index is 907. The molecule has 2 aromatic rings. The van der Waals surface area contributed by atoms with E-state index in [2.05, 4.69) is 27.9 Å². The second-order valence-electron chi connectivity index (χ2n) is 6.77. The van der Waals surface area contributed by atoms with E-state index in [0.717, 1.165) is 34.9 Å². The summed E-state index contributed by atoms with van der Waals surface area (Å²) in [5, 5.41) is 2.85. The van der Waals surface area contributed by atoms with E-state index in [4.69, 9.17) is 0 Å². The lowest BCUT2D eigenvalue weighted by Crippen LogP contribution is -2.38. The fourth-order valence-corrected chi connectivity index (χ4v) is 5.28. The Kier molecular flexibility index (Phi) is 6.54. The first-order valence-electron chi connectivity index (χ1n) is 9.03. The molecule has 0 aromatic heterocycles. The maximum absolute atomic E-state index is 12.9. The van der Waals surface area contributed by atoms with Gasteiger partial charge < -0.3 is 5.32 Å². The SMILES string of the molecule is CN(C1CCCCC1)S(=O)(=O)c1ccc(C(=O)Nc2ccccc2I)cc1. The first kappa shape index (κ1) is 20.3. The molecule has 0 spiro atoms. The molecule has 27 heavy (non-hydrogen) atoms. The molecule has 1 saturated carbocycles. The van der Waals surface area contributed by atoms with Crippen molar-refractivity contribution in [2.75, 3.05) is 12.4 Å². The van der Waals surface area contributed by atoms with Gasteiger partial charge in [-0.15, -0.1) is 0 Å². The number of anilines is 1. The molecule has 2 aromatic carbocycles. The van der Waals surface area contributed by atoms with Gasteiger partial charge in [0.2, 0.25) is 10.0 Å². The zero-order chi connectivity index (χ0) is 19.4. The molecule has 1 aliphatic rings. The smallest absolute Gasteiger partial charge is 0.255 e. The Morgan fingerprint density at radius 2 is 1.67 bits per heavy atom. The minimum absolute atomic E-state index is 0.0619. The Hall–Kier alpha value is -1.45. The quantitative estimate of drug-likeness (QED) is 0.618. The van der Waals surface area contributed by atoms with E-state index in [1.54, 1.807) is 19.2 Å². The number of para-hydroxylation sites is 1. The first-order valence-corrected chi connectivity index (χ1v) is 11.6. The number of carbonyl (C=O) groups is 1. The van der Waals surface area contributed by atoms with Gasteiger partial charge in [0.05, 0.1) is 10.6 Å². The molecule has 0 saturated heterocycles. The van der Waals surface area contributed by atoms with Gasteiger partial charge in [0, 0.05) is 22.2 Å². The van der Waals surface area contributed by atoms with Crippen LogP contribution in [-0.2, 0) is 10.0 Å². The number of hydrogen-bond donors (Lipinski definition) is 1. The highest BCUT2D eigenvalue weighted by Gasteiger charge is 2.29. The minimum Gasteiger partial charge on any atom is -0.321 e. The molecule has 1 amide bonds. The molecule has 5 nitrogen and oxygen atoms in total. The van der Waals surface area contributed by atoms with Crippen LogP contribution in [0.25, 0.3) is 0 Å². The van der Waals surface area contributed by atoms with E-state index in [1.807, 2.05) is 24.3 Å². The largest absolute Gasteiger partial charge is 0.321 e. The Balaban J connectivity index is 1.74. The summed E-state index contributed by atoms with van der Waals surface area (Å²) in [5.41, 5.74) is 1.16. The van der Waals surface area contributed by atoms with Gasteiger partial charge in [0.1, 0.15) is 0 Å². The van der Waals surface area contributed by atoms with E-state index < -0.39 is 10.0 Å². The molecular weight excluding hydrogens is 475 g/mol. The fourth-order valence-electron chi connectivity index (χ4n) is 3.34. The summed E-state index contributed by atoms with van der Waals surface area (Å²) in [6.45, 7) is 0. The average molecular weight is 498 g/mol. The first-order chi connectivity index (χ1) is 12.9. The van der Waals surface area contributed by atoms with Crippen molar-refractivity contribution in [3.8, 4) is 0 Å². The second kappa shape index (κ2) is 8.70. The van der Waals surface area contributed by atoms with Crippen LogP contribution in [0.2, 0.25) is 0 Å². The number of amides is 1. The molecule has 0 bridgehead atoms. The van der Waals surface area contributed by atoms with Crippen LogP contribution in [0.3, 0.4) is 0 Å². The Labute approximate surface area is 174 Å². The van der Waals surface area contributed by atoms with Gasteiger partial charge in [-0.05, 0) is 71.8 Å². The number of rotatable bonds is 5. The number of nitrogens with one attached hydrogen (secondary N) is 1. The Morgan fingerprint density at radius 3 is 2.30 bits per heavy atom. The molecule has 0 unspecified atom stereocenters. The molecule has 144 valence electrons. The maximum Gasteiger partial charge on any atom is 0.255 e. The molecule has 7 heteroatoms. The highest BCUT2D eigenvalue weighted by molar-refractivity contribution is 14.1. The van der Waals surface area contributed by atoms with Crippen molar-refractivity contribution in [2.45, 2.75) is 43.0 Å². The molecule has 0 atom stereocenters. The van der Waals surface area contributed by atoms with Gasteiger partial charge in [-0.3, -0.25) is 4.79 Å². The molecule has 0 aliphatic heterocycles. The predicted molar refractivity (Wildman–Crippen MR) is 115 cm³/mol. The van der Waals surface area contributed by atoms with E-state index in [1.165, 1.54) is 22.9 Å². The van der Waals surface area contributed by atoms with Crippen LogP contribution in [0, 0.1) is 3.57 Å². The van der Waals surface area contributed by atoms with E-state index in [0.29, 0.717) is 5.56 Å². The van der Waals surface area contributed by atoms with Crippen molar-refractivity contribution in [1.82, 2.24) is 4.31 Å². The normalized spacial score (nSPS) is 15.7. The van der Waals surface area contributed by atoms with Gasteiger partial charge in [0.25, 0.3) is 5.91 Å². The van der Waals surface area contributed by atoms with Crippen LogP contribution in [0.4, 0.5) is 5.69 Å². The standard InChI is InChI=1S/C20H23IN2O3S/c1-23(16-7-3-2-4-8-16)27(25,26)17-13-11-15(12-14-17)20(24)22-19-10-6-5-9-18(19)21/h5-6,9-14,16H,2-4,7-8H2,1H3,(H,22,24). The van der Waals surface area contributed by atoms with Crippen molar-refractivity contribution in [3.05, 3.63) is 57.7 Å². The van der Waals surface area contributed by atoms with Gasteiger partial charge in [0.15, 0.2) is 0 Å². The number of sulfonamides is 1. The monoisotopic (exact) mass is 498 g/mol. The van der Waals surface area contributed by atoms with Gasteiger partial charge in [-0.2, -0.15) is 4.31 Å². The Morgan fingerprint density at radius 1 is 1.04 bits per heavy atom. The third kappa shape index (κ3) is 4.70. The zero-order valence-electron chi connectivity index (χ0n) is 15.2. The van der Waals surface area contributed by atoms with Gasteiger partial charge in [-0.1, -0.05) is 31.4 Å². The number of nitrogens with zero attached hydrogens (tertiary/aromatic N) is 1. The fraction of sp³-hybridized carbons (Fsp3) is 0.350. The number of benzene rings is 2. The number of hydrogen-bond acceptors (Lipinski definition) is 3. The van der Waals surface area contributed by atoms with Gasteiger partial charge >= 0.3 is 0 Å². The van der Waals surface area contributed by atoms with Crippen molar-refractivity contribution >= 4 is 44.2 Å². The molecule has 0 radical (unpaired) electrons. The van der Waals surface area contributed by atoms with Crippen LogP contribution < -0.4 is 5.32 Å². The number of carbonyl (C=O) groups excluding carboxylic acids is 1. The van der Waals surface area contributed by atoms with Gasteiger partial charge in [-0.25, -0.2) is 8.42 Å². The lowest BCUT2D eigenvalue weighted by molar-refractivity contribution is 0.102. The lowest BCUT2D eigenvalue weighted by atomic mass is 9.96. The van der Waals surface area contributed by atoms with Crippen molar-refractivity contribution in [1.29, 1.82) is 0 Å². The van der Waals surface area contributed by atoms with Crippen LogP contribution in [0.1, 0.15) is 42.5 Å². The third-order valence-corrected chi connectivity index (χ3v) is 7.87. The second-order valence-corrected chi connectivity index (χ2v) is 9.93. The summed E-state index contributed by atoms with van der Waals surface area (Å²) >= 11 is 2.16. The highest BCUT2D eigenvalue weighted by atomic mass is 127. The van der Waals surface area contributed by atoms with Crippen molar-refractivity contribution < 1.29 is 13.2 Å². The van der Waals surface area contributed by atoms with Crippen LogP contribution >= 0.6 is 22.6 Å². The molecular formula is C20H23IN2O3S. The predicted octanol–water partition coefficient (Wildman–Crippen LogP) is 4.50. The molecule has 1 aliphatic carbocycles. The molecule has 1 N–H and O–H groups in total. The van der Waals surface area contributed by atoms with Crippen LogP contribution in [0.5, 0.6) is 0 Å². The summed E-state index contributed by atoms with van der Waals surface area (Å²) in [4.78, 5) is 12.7. The zero-order valence-corrected chi connectivity index (χ0v) is 18.2. The minimum atomic E-state index is -3.55. The number of halogens is 1. The summed E-state index contributed by atoms with van der Waals surface area (Å²) in [5.74, 6) is -0.260. The van der Waals surface area contributed by atoms with E-state index in [9.17, 15) is 13.2 Å². The van der Waals surface area contributed by atoms with E-state index in [-0.39, 0.29) is 16.8 Å². The third-order valence-electron chi connectivity index (χ3n) is 5.00. The maximum atomic E-state index is 12.9. The summed E-state index contributed by atoms with van der Waals surface area (Å²) in [6.07, 6.45) is 5.14. The van der Waals surface area contributed by atoms with Crippen molar-refractivity contribution in [3.63, 3.8) is 0 Å². The molecule has 0 heterocycles. The summed E-state index contributed by atoms with van der Waals surface area (Å²) in [7, 11) is -1.89. The molecule has 1 fully saturated rings. The van der Waals surface area contributed by atoms with E-state index >= 15 is 0 Å². The summed E-state index contributed by atoms with van der Waals surface area (Å²) in [6, 6.07) is 13.7. The lowest BCUT2D eigenvalue weighted by Gasteiger charge is -2.30. The average Bonchev–Trinajstić information content (AvgIpc) is 2.70.